The van der Waals surface area contributed by atoms with Crippen LogP contribution in [0.5, 0.6) is 17.2 Å². The summed E-state index contributed by atoms with van der Waals surface area (Å²) in [4.78, 5) is 30.8. The molecule has 0 radical (unpaired) electrons. The topological polar surface area (TPSA) is 107 Å². The van der Waals surface area contributed by atoms with Crippen LogP contribution >= 0.6 is 0 Å². The molecular formula is C23H21F3N4O5. The van der Waals surface area contributed by atoms with E-state index >= 15 is 0 Å². The van der Waals surface area contributed by atoms with Crippen LogP contribution in [0.3, 0.4) is 0 Å². The number of anilines is 1. The summed E-state index contributed by atoms with van der Waals surface area (Å²) in [5.74, 6) is -1.05. The number of nitrogens with zero attached hydrogens (tertiary/aromatic N) is 3. The lowest BCUT2D eigenvalue weighted by atomic mass is 10.2. The molecule has 1 fully saturated rings. The first-order chi connectivity index (χ1) is 16.5. The number of hydrogen-bond donors (Lipinski definition) is 1. The Balaban J connectivity index is 1.46. The van der Waals surface area contributed by atoms with Gasteiger partial charge in [-0.05, 0) is 50.1 Å². The molecule has 1 saturated carbocycles. The normalized spacial score (nSPS) is 14.2. The van der Waals surface area contributed by atoms with Gasteiger partial charge < -0.3 is 19.3 Å². The fourth-order valence-corrected chi connectivity index (χ4v) is 3.40. The lowest BCUT2D eigenvalue weighted by Crippen LogP contribution is -2.49. The Morgan fingerprint density at radius 2 is 1.86 bits per heavy atom. The SMILES string of the molecule is COc1ccc(Oc2ccc(N(C)C(=O)C3(NC(=O)c4cc(C)no4)CC3)nc2)c(C(F)(F)F)c1. The highest BCUT2D eigenvalue weighted by atomic mass is 19.4. The molecule has 1 aliphatic carbocycles. The predicted octanol–water partition coefficient (Wildman–Crippen LogP) is 4.12. The van der Waals surface area contributed by atoms with Crippen molar-refractivity contribution in [1.29, 1.82) is 0 Å². The molecule has 4 rings (SSSR count). The molecule has 0 saturated heterocycles. The second-order valence-corrected chi connectivity index (χ2v) is 8.05. The number of aryl methyl sites for hydroxylation is 1. The summed E-state index contributed by atoms with van der Waals surface area (Å²) >= 11 is 0. The zero-order chi connectivity index (χ0) is 25.4. The van der Waals surface area contributed by atoms with E-state index in [2.05, 4.69) is 15.5 Å². The van der Waals surface area contributed by atoms with Gasteiger partial charge in [0.1, 0.15) is 34.2 Å². The van der Waals surface area contributed by atoms with Crippen molar-refractivity contribution in [3.63, 3.8) is 0 Å². The number of pyridine rings is 1. The van der Waals surface area contributed by atoms with E-state index in [1.165, 1.54) is 49.5 Å². The van der Waals surface area contributed by atoms with Crippen LogP contribution in [0.1, 0.15) is 34.7 Å². The summed E-state index contributed by atoms with van der Waals surface area (Å²) in [6, 6.07) is 7.64. The number of methoxy groups -OCH3 is 1. The molecule has 0 unspecified atom stereocenters. The minimum absolute atomic E-state index is 0.000567. The van der Waals surface area contributed by atoms with Crippen LogP contribution in [-0.2, 0) is 11.0 Å². The number of benzene rings is 1. The van der Waals surface area contributed by atoms with Crippen LogP contribution in [-0.4, -0.2) is 41.7 Å². The fourth-order valence-electron chi connectivity index (χ4n) is 3.40. The lowest BCUT2D eigenvalue weighted by Gasteiger charge is -2.23. The van der Waals surface area contributed by atoms with E-state index in [1.807, 2.05) is 0 Å². The van der Waals surface area contributed by atoms with E-state index < -0.39 is 34.8 Å². The first-order valence-electron chi connectivity index (χ1n) is 10.5. The Morgan fingerprint density at radius 3 is 2.40 bits per heavy atom. The van der Waals surface area contributed by atoms with Crippen molar-refractivity contribution in [2.45, 2.75) is 31.5 Å². The summed E-state index contributed by atoms with van der Waals surface area (Å²) in [5, 5.41) is 6.35. The van der Waals surface area contributed by atoms with Gasteiger partial charge in [-0.2, -0.15) is 13.2 Å². The summed E-state index contributed by atoms with van der Waals surface area (Å²) < 4.78 is 55.4. The minimum atomic E-state index is -4.66. The number of likely N-dealkylation sites (N-methyl/N-ethyl adjacent to an activating group) is 1. The third-order valence-corrected chi connectivity index (χ3v) is 5.45. The lowest BCUT2D eigenvalue weighted by molar-refractivity contribution is -0.138. The number of ether oxygens (including phenoxy) is 2. The molecule has 1 N–H and O–H groups in total. The molecule has 9 nitrogen and oxygen atoms in total. The molecule has 35 heavy (non-hydrogen) atoms. The van der Waals surface area contributed by atoms with Crippen LogP contribution < -0.4 is 19.7 Å². The number of aromatic nitrogens is 2. The fraction of sp³-hybridized carbons (Fsp3) is 0.304. The Kier molecular flexibility index (Phi) is 6.14. The molecule has 2 aromatic heterocycles. The third kappa shape index (κ3) is 5.05. The van der Waals surface area contributed by atoms with Crippen LogP contribution in [0, 0.1) is 6.92 Å². The standard InChI is InChI=1S/C23H21F3N4O5/c1-13-10-18(35-29-13)20(31)28-22(8-9-22)21(32)30(2)19-7-5-15(12-27-19)34-17-6-4-14(33-3)11-16(17)23(24,25)26/h4-7,10-12H,8-9H2,1-3H3,(H,28,31). The van der Waals surface area contributed by atoms with Gasteiger partial charge in [0, 0.05) is 13.1 Å². The van der Waals surface area contributed by atoms with Gasteiger partial charge in [-0.3, -0.25) is 14.5 Å². The highest BCUT2D eigenvalue weighted by Gasteiger charge is 2.53. The molecular weight excluding hydrogens is 469 g/mol. The van der Waals surface area contributed by atoms with Crippen molar-refractivity contribution in [2.75, 3.05) is 19.1 Å². The van der Waals surface area contributed by atoms with Gasteiger partial charge in [0.15, 0.2) is 0 Å². The number of amides is 2. The predicted molar refractivity (Wildman–Crippen MR) is 116 cm³/mol. The zero-order valence-corrected chi connectivity index (χ0v) is 19.0. The summed E-state index contributed by atoms with van der Waals surface area (Å²) in [5.41, 5.74) is -1.55. The molecule has 3 aromatic rings. The van der Waals surface area contributed by atoms with Crippen LogP contribution in [0.2, 0.25) is 0 Å². The van der Waals surface area contributed by atoms with Gasteiger partial charge in [0.25, 0.3) is 11.8 Å². The van der Waals surface area contributed by atoms with Gasteiger partial charge in [-0.25, -0.2) is 4.98 Å². The number of carbonyl (C=O) groups excluding carboxylic acids is 2. The van der Waals surface area contributed by atoms with E-state index in [4.69, 9.17) is 14.0 Å². The van der Waals surface area contributed by atoms with Crippen molar-refractivity contribution >= 4 is 17.6 Å². The van der Waals surface area contributed by atoms with E-state index in [0.717, 1.165) is 12.1 Å². The maximum Gasteiger partial charge on any atom is 0.420 e. The Bertz CT molecular complexity index is 1250. The number of carbonyl (C=O) groups is 2. The third-order valence-electron chi connectivity index (χ3n) is 5.45. The molecule has 1 aliphatic rings. The summed E-state index contributed by atoms with van der Waals surface area (Å²) in [6.45, 7) is 1.67. The monoisotopic (exact) mass is 490 g/mol. The van der Waals surface area contributed by atoms with Crippen LogP contribution in [0.4, 0.5) is 19.0 Å². The highest BCUT2D eigenvalue weighted by molar-refractivity contribution is 6.05. The van der Waals surface area contributed by atoms with Gasteiger partial charge in [0.2, 0.25) is 5.76 Å². The molecule has 184 valence electrons. The highest BCUT2D eigenvalue weighted by Crippen LogP contribution is 2.41. The molecule has 0 atom stereocenters. The minimum Gasteiger partial charge on any atom is -0.497 e. The number of nitrogens with one attached hydrogen (secondary N) is 1. The number of rotatable bonds is 7. The molecule has 1 aromatic carbocycles. The average molecular weight is 490 g/mol. The summed E-state index contributed by atoms with van der Waals surface area (Å²) in [6.07, 6.45) is -2.57. The zero-order valence-electron chi connectivity index (χ0n) is 19.0. The largest absolute Gasteiger partial charge is 0.497 e. The first-order valence-corrected chi connectivity index (χ1v) is 10.5. The van der Waals surface area contributed by atoms with Crippen LogP contribution in [0.25, 0.3) is 0 Å². The molecule has 0 spiro atoms. The quantitative estimate of drug-likeness (QED) is 0.531. The second kappa shape index (κ2) is 8.93. The van der Waals surface area contributed by atoms with Crippen molar-refractivity contribution in [3.05, 3.63) is 59.6 Å². The molecule has 2 heterocycles. The van der Waals surface area contributed by atoms with E-state index in [9.17, 15) is 22.8 Å². The van der Waals surface area contributed by atoms with Gasteiger partial charge in [-0.1, -0.05) is 5.16 Å². The smallest absolute Gasteiger partial charge is 0.420 e. The second-order valence-electron chi connectivity index (χ2n) is 8.05. The van der Waals surface area contributed by atoms with E-state index in [-0.39, 0.29) is 23.1 Å². The molecule has 2 amide bonds. The van der Waals surface area contributed by atoms with Crippen molar-refractivity contribution in [3.8, 4) is 17.2 Å². The van der Waals surface area contributed by atoms with Gasteiger partial charge in [-0.15, -0.1) is 0 Å². The number of halogens is 3. The van der Waals surface area contributed by atoms with E-state index in [0.29, 0.717) is 18.5 Å². The first kappa shape index (κ1) is 24.0. The van der Waals surface area contributed by atoms with Crippen molar-refractivity contribution in [2.24, 2.45) is 0 Å². The Labute approximate surface area is 197 Å². The summed E-state index contributed by atoms with van der Waals surface area (Å²) in [7, 11) is 2.75. The Hall–Kier alpha value is -4.09. The van der Waals surface area contributed by atoms with E-state index in [1.54, 1.807) is 6.92 Å². The number of alkyl halides is 3. The molecule has 0 bridgehead atoms. The Morgan fingerprint density at radius 1 is 1.14 bits per heavy atom. The maximum atomic E-state index is 13.4. The van der Waals surface area contributed by atoms with Crippen molar-refractivity contribution in [1.82, 2.24) is 15.5 Å². The molecule has 0 aliphatic heterocycles. The van der Waals surface area contributed by atoms with Crippen LogP contribution in [0.15, 0.2) is 47.1 Å². The van der Waals surface area contributed by atoms with Gasteiger partial charge >= 0.3 is 6.18 Å². The van der Waals surface area contributed by atoms with Gasteiger partial charge in [0.05, 0.1) is 19.0 Å². The van der Waals surface area contributed by atoms with Crippen molar-refractivity contribution < 1.29 is 36.8 Å². The average Bonchev–Trinajstić information content (AvgIpc) is 3.48. The number of hydrogen-bond acceptors (Lipinski definition) is 7. The maximum absolute atomic E-state index is 13.4. The molecule has 12 heteroatoms.